The van der Waals surface area contributed by atoms with E-state index in [1.54, 1.807) is 18.5 Å². The van der Waals surface area contributed by atoms with Gasteiger partial charge in [0.2, 0.25) is 0 Å². The zero-order valence-corrected chi connectivity index (χ0v) is 8.56. The first-order valence-electron chi connectivity index (χ1n) is 3.20. The molecule has 0 aromatic carbocycles. The highest BCUT2D eigenvalue weighted by Gasteiger charge is 1.95. The zero-order chi connectivity index (χ0) is 8.97. The van der Waals surface area contributed by atoms with Crippen LogP contribution in [-0.4, -0.2) is 16.6 Å². The molecule has 0 aliphatic heterocycles. The van der Waals surface area contributed by atoms with Crippen molar-refractivity contribution in [3.63, 3.8) is 0 Å². The highest BCUT2D eigenvalue weighted by Crippen LogP contribution is 2.15. The van der Waals surface area contributed by atoms with Crippen molar-refractivity contribution in [2.24, 2.45) is 5.73 Å². The number of nitrogens with zero attached hydrogens (tertiary/aromatic N) is 1. The summed E-state index contributed by atoms with van der Waals surface area (Å²) in [6, 6.07) is 1.80. The molecule has 2 N–H and O–H groups in total. The van der Waals surface area contributed by atoms with E-state index in [9.17, 15) is 0 Å². The first kappa shape index (κ1) is 9.41. The number of hydrogen-bond acceptors (Lipinski definition) is 3. The Bertz CT molecular complexity index is 292. The fourth-order valence-electron chi connectivity index (χ4n) is 0.626. The van der Waals surface area contributed by atoms with Gasteiger partial charge in [-0.1, -0.05) is 12.2 Å². The fraction of sp³-hybridized carbons (Fsp3) is 0.143. The number of pyridine rings is 1. The van der Waals surface area contributed by atoms with Crippen LogP contribution in [0.5, 0.6) is 5.75 Å². The van der Waals surface area contributed by atoms with Crippen LogP contribution in [0.1, 0.15) is 0 Å². The fourth-order valence-corrected chi connectivity index (χ4v) is 1.03. The van der Waals surface area contributed by atoms with Crippen molar-refractivity contribution < 1.29 is 4.74 Å². The second-order valence-electron chi connectivity index (χ2n) is 2.09. The standard InChI is InChI=1S/C7H7BrN2OS/c8-5-1-6(3-10-2-5)11-4-7(9)12/h1-3H,4H2,(H2,9,12). The number of thiocarbonyl (C=S) groups is 1. The number of rotatable bonds is 3. The summed E-state index contributed by atoms with van der Waals surface area (Å²) < 4.78 is 6.05. The third-order valence-corrected chi connectivity index (χ3v) is 1.61. The first-order chi connectivity index (χ1) is 5.68. The molecule has 0 fully saturated rings. The Morgan fingerprint density at radius 3 is 3.00 bits per heavy atom. The smallest absolute Gasteiger partial charge is 0.139 e. The molecule has 0 atom stereocenters. The largest absolute Gasteiger partial charge is 0.485 e. The van der Waals surface area contributed by atoms with Crippen LogP contribution in [-0.2, 0) is 0 Å². The minimum absolute atomic E-state index is 0.244. The van der Waals surface area contributed by atoms with Crippen molar-refractivity contribution in [1.29, 1.82) is 0 Å². The second-order valence-corrected chi connectivity index (χ2v) is 3.53. The maximum absolute atomic E-state index is 5.25. The molecule has 64 valence electrons. The van der Waals surface area contributed by atoms with E-state index >= 15 is 0 Å². The predicted octanol–water partition coefficient (Wildman–Crippen LogP) is 1.51. The van der Waals surface area contributed by atoms with Gasteiger partial charge < -0.3 is 10.5 Å². The van der Waals surface area contributed by atoms with E-state index in [0.29, 0.717) is 10.7 Å². The van der Waals surface area contributed by atoms with Crippen LogP contribution in [0.2, 0.25) is 0 Å². The summed E-state index contributed by atoms with van der Waals surface area (Å²) in [5, 5.41) is 0. The minimum atomic E-state index is 0.244. The molecule has 1 heterocycles. The Balaban J connectivity index is 2.57. The molecule has 0 bridgehead atoms. The Morgan fingerprint density at radius 1 is 1.67 bits per heavy atom. The van der Waals surface area contributed by atoms with Gasteiger partial charge in [-0.05, 0) is 22.0 Å². The van der Waals surface area contributed by atoms with Gasteiger partial charge >= 0.3 is 0 Å². The SMILES string of the molecule is NC(=S)COc1cncc(Br)c1. The molecule has 0 aliphatic rings. The normalized spacial score (nSPS) is 9.42. The lowest BCUT2D eigenvalue weighted by molar-refractivity contribution is 0.375. The topological polar surface area (TPSA) is 48.1 Å². The average molecular weight is 247 g/mol. The second kappa shape index (κ2) is 4.37. The minimum Gasteiger partial charge on any atom is -0.485 e. The van der Waals surface area contributed by atoms with Crippen LogP contribution in [0.15, 0.2) is 22.9 Å². The van der Waals surface area contributed by atoms with Crippen LogP contribution < -0.4 is 10.5 Å². The molecule has 3 nitrogen and oxygen atoms in total. The third-order valence-electron chi connectivity index (χ3n) is 1.06. The molecular weight excluding hydrogens is 240 g/mol. The van der Waals surface area contributed by atoms with Gasteiger partial charge in [-0.3, -0.25) is 4.98 Å². The lowest BCUT2D eigenvalue weighted by Gasteiger charge is -2.03. The molecule has 0 aliphatic carbocycles. The van der Waals surface area contributed by atoms with E-state index in [-0.39, 0.29) is 6.61 Å². The number of aromatic nitrogens is 1. The third kappa shape index (κ3) is 3.15. The summed E-state index contributed by atoms with van der Waals surface area (Å²) in [7, 11) is 0. The van der Waals surface area contributed by atoms with E-state index in [2.05, 4.69) is 33.1 Å². The summed E-state index contributed by atoms with van der Waals surface area (Å²) in [5.74, 6) is 0.650. The molecule has 0 saturated heterocycles. The van der Waals surface area contributed by atoms with E-state index in [1.165, 1.54) is 0 Å². The highest BCUT2D eigenvalue weighted by atomic mass is 79.9. The van der Waals surface area contributed by atoms with Crippen molar-refractivity contribution in [1.82, 2.24) is 4.98 Å². The lowest BCUT2D eigenvalue weighted by Crippen LogP contribution is -2.17. The zero-order valence-electron chi connectivity index (χ0n) is 6.16. The van der Waals surface area contributed by atoms with Crippen molar-refractivity contribution in [3.8, 4) is 5.75 Å². The van der Waals surface area contributed by atoms with E-state index in [1.807, 2.05) is 0 Å². The molecule has 0 spiro atoms. The summed E-state index contributed by atoms with van der Waals surface area (Å²) in [6.07, 6.45) is 3.27. The van der Waals surface area contributed by atoms with Crippen molar-refractivity contribution in [2.75, 3.05) is 6.61 Å². The number of ether oxygens (including phenoxy) is 1. The average Bonchev–Trinajstić information content (AvgIpc) is 2.01. The molecule has 0 unspecified atom stereocenters. The van der Waals surface area contributed by atoms with Crippen molar-refractivity contribution >= 4 is 33.1 Å². The summed E-state index contributed by atoms with van der Waals surface area (Å²) >= 11 is 7.91. The number of halogens is 1. The van der Waals surface area contributed by atoms with Crippen LogP contribution in [0.25, 0.3) is 0 Å². The maximum Gasteiger partial charge on any atom is 0.139 e. The van der Waals surface area contributed by atoms with Gasteiger partial charge in [0.15, 0.2) is 0 Å². The van der Waals surface area contributed by atoms with Gasteiger partial charge in [-0.2, -0.15) is 0 Å². The Hall–Kier alpha value is -0.680. The Morgan fingerprint density at radius 2 is 2.42 bits per heavy atom. The van der Waals surface area contributed by atoms with E-state index in [4.69, 9.17) is 10.5 Å². The highest BCUT2D eigenvalue weighted by molar-refractivity contribution is 9.10. The van der Waals surface area contributed by atoms with Crippen LogP contribution >= 0.6 is 28.1 Å². The quantitative estimate of drug-likeness (QED) is 0.822. The van der Waals surface area contributed by atoms with Crippen LogP contribution in [0, 0.1) is 0 Å². The predicted molar refractivity (Wildman–Crippen MR) is 54.2 cm³/mol. The van der Waals surface area contributed by atoms with Gasteiger partial charge in [0.05, 0.1) is 6.20 Å². The molecular formula is C7H7BrN2OS. The van der Waals surface area contributed by atoms with Gasteiger partial charge in [0.1, 0.15) is 17.3 Å². The van der Waals surface area contributed by atoms with Gasteiger partial charge in [0.25, 0.3) is 0 Å². The summed E-state index contributed by atoms with van der Waals surface area (Å²) in [5.41, 5.74) is 5.25. The molecule has 0 amide bonds. The maximum atomic E-state index is 5.25. The molecule has 1 rings (SSSR count). The number of hydrogen-bond donors (Lipinski definition) is 1. The summed E-state index contributed by atoms with van der Waals surface area (Å²) in [4.78, 5) is 4.23. The Labute approximate surface area is 84.1 Å². The summed E-state index contributed by atoms with van der Waals surface area (Å²) in [6.45, 7) is 0.244. The molecule has 5 heteroatoms. The first-order valence-corrected chi connectivity index (χ1v) is 4.40. The molecule has 1 aromatic rings. The Kier molecular flexibility index (Phi) is 3.43. The van der Waals surface area contributed by atoms with E-state index in [0.717, 1.165) is 4.47 Å². The molecule has 0 radical (unpaired) electrons. The van der Waals surface area contributed by atoms with E-state index < -0.39 is 0 Å². The van der Waals surface area contributed by atoms with Crippen LogP contribution in [0.4, 0.5) is 0 Å². The van der Waals surface area contributed by atoms with Crippen molar-refractivity contribution in [3.05, 3.63) is 22.9 Å². The molecule has 0 saturated carbocycles. The van der Waals surface area contributed by atoms with Gasteiger partial charge in [0, 0.05) is 10.7 Å². The molecule has 12 heavy (non-hydrogen) atoms. The molecule has 1 aromatic heterocycles. The van der Waals surface area contributed by atoms with Gasteiger partial charge in [-0.15, -0.1) is 0 Å². The lowest BCUT2D eigenvalue weighted by atomic mass is 10.5. The number of nitrogens with two attached hydrogens (primary N) is 1. The van der Waals surface area contributed by atoms with Crippen LogP contribution in [0.3, 0.4) is 0 Å². The van der Waals surface area contributed by atoms with Crippen molar-refractivity contribution in [2.45, 2.75) is 0 Å². The monoisotopic (exact) mass is 246 g/mol. The van der Waals surface area contributed by atoms with Gasteiger partial charge in [-0.25, -0.2) is 0 Å².